The average Bonchev–Trinajstić information content (AvgIpc) is 3.04. The fourth-order valence-corrected chi connectivity index (χ4v) is 3.20. The summed E-state index contributed by atoms with van der Waals surface area (Å²) < 4.78 is 1.48. The summed E-state index contributed by atoms with van der Waals surface area (Å²) >= 11 is 0. The fraction of sp³-hybridized carbons (Fsp3) is 0.778. The molecule has 1 aromatic rings. The molecule has 1 aliphatic rings. The van der Waals surface area contributed by atoms with Crippen LogP contribution in [0.4, 0.5) is 0 Å². The Balaban J connectivity index is 2.01. The minimum Gasteiger partial charge on any atom is -0.383 e. The number of rotatable bonds is 6. The van der Waals surface area contributed by atoms with E-state index in [4.69, 9.17) is 5.26 Å². The van der Waals surface area contributed by atoms with Gasteiger partial charge in [0, 0.05) is 13.1 Å². The van der Waals surface area contributed by atoms with Crippen LogP contribution < -0.4 is 0 Å². The van der Waals surface area contributed by atoms with Gasteiger partial charge in [0.05, 0.1) is 18.2 Å². The molecule has 1 atom stereocenters. The molecule has 1 unspecified atom stereocenters. The Hall–Kier alpha value is -1.94. The van der Waals surface area contributed by atoms with Crippen LogP contribution in [0.3, 0.4) is 0 Å². The molecule has 1 fully saturated rings. The van der Waals surface area contributed by atoms with Crippen molar-refractivity contribution in [2.45, 2.75) is 65.5 Å². The van der Waals surface area contributed by atoms with Gasteiger partial charge in [0.2, 0.25) is 5.91 Å². The first-order valence-corrected chi connectivity index (χ1v) is 8.99. The standard InChI is InChI=1S/C18H29N5O2/c1-5-22(11-14(2)10-19)16(24)13-23-12-15(20-21-23)18(25)8-6-17(3,4)7-9-18/h12,14,25H,5-9,11,13H2,1-4H3. The van der Waals surface area contributed by atoms with Crippen molar-refractivity contribution < 1.29 is 9.90 Å². The summed E-state index contributed by atoms with van der Waals surface area (Å²) in [5, 5.41) is 27.9. The van der Waals surface area contributed by atoms with Crippen LogP contribution in [0, 0.1) is 22.7 Å². The summed E-state index contributed by atoms with van der Waals surface area (Å²) in [6.45, 7) is 9.14. The molecule has 7 nitrogen and oxygen atoms in total. The molecule has 25 heavy (non-hydrogen) atoms. The highest BCUT2D eigenvalue weighted by atomic mass is 16.3. The van der Waals surface area contributed by atoms with Crippen molar-refractivity contribution in [2.75, 3.05) is 13.1 Å². The maximum absolute atomic E-state index is 12.4. The molecule has 0 aliphatic heterocycles. The maximum atomic E-state index is 12.4. The van der Waals surface area contributed by atoms with Crippen molar-refractivity contribution in [1.82, 2.24) is 19.9 Å². The molecule has 1 aromatic heterocycles. The van der Waals surface area contributed by atoms with Crippen molar-refractivity contribution in [3.63, 3.8) is 0 Å². The van der Waals surface area contributed by atoms with Crippen LogP contribution in [0.1, 0.15) is 59.1 Å². The van der Waals surface area contributed by atoms with E-state index in [0.29, 0.717) is 31.6 Å². The highest BCUT2D eigenvalue weighted by molar-refractivity contribution is 5.75. The SMILES string of the molecule is CCN(CC(C)C#N)C(=O)Cn1cc(C2(O)CCC(C)(C)CC2)nn1. The molecular weight excluding hydrogens is 318 g/mol. The predicted octanol–water partition coefficient (Wildman–Crippen LogP) is 2.07. The van der Waals surface area contributed by atoms with Gasteiger partial charge < -0.3 is 10.0 Å². The topological polar surface area (TPSA) is 95.0 Å². The lowest BCUT2D eigenvalue weighted by Crippen LogP contribution is -2.37. The second-order valence-electron chi connectivity index (χ2n) is 7.96. The number of aliphatic hydroxyl groups is 1. The van der Waals surface area contributed by atoms with Crippen LogP contribution >= 0.6 is 0 Å². The summed E-state index contributed by atoms with van der Waals surface area (Å²) in [6, 6.07) is 2.15. The number of amides is 1. The maximum Gasteiger partial charge on any atom is 0.244 e. The minimum absolute atomic E-state index is 0.0700. The number of hydrogen-bond acceptors (Lipinski definition) is 5. The van der Waals surface area contributed by atoms with E-state index in [1.54, 1.807) is 18.0 Å². The van der Waals surface area contributed by atoms with Gasteiger partial charge in [0.25, 0.3) is 0 Å². The Kier molecular flexibility index (Phi) is 5.83. The molecule has 2 rings (SSSR count). The van der Waals surface area contributed by atoms with Crippen LogP contribution in [0.15, 0.2) is 6.20 Å². The normalized spacial score (nSPS) is 19.8. The van der Waals surface area contributed by atoms with Crippen molar-refractivity contribution in [2.24, 2.45) is 11.3 Å². The third kappa shape index (κ3) is 4.79. The molecule has 0 aromatic carbocycles. The van der Waals surface area contributed by atoms with Crippen molar-refractivity contribution in [3.8, 4) is 6.07 Å². The van der Waals surface area contributed by atoms with Crippen LogP contribution in [0.25, 0.3) is 0 Å². The Bertz CT molecular complexity index is 636. The lowest BCUT2D eigenvalue weighted by atomic mass is 9.70. The number of aromatic nitrogens is 3. The smallest absolute Gasteiger partial charge is 0.244 e. The first-order chi connectivity index (χ1) is 11.7. The Morgan fingerprint density at radius 1 is 1.44 bits per heavy atom. The molecular formula is C18H29N5O2. The van der Waals surface area contributed by atoms with Gasteiger partial charge in [-0.25, -0.2) is 4.68 Å². The summed E-state index contributed by atoms with van der Waals surface area (Å²) in [5.41, 5.74) is -0.155. The van der Waals surface area contributed by atoms with E-state index in [-0.39, 0.29) is 23.8 Å². The summed E-state index contributed by atoms with van der Waals surface area (Å²) in [6.07, 6.45) is 4.87. The molecule has 0 saturated heterocycles. The number of likely N-dealkylation sites (N-methyl/N-ethyl adjacent to an activating group) is 1. The average molecular weight is 347 g/mol. The van der Waals surface area contributed by atoms with E-state index < -0.39 is 5.60 Å². The van der Waals surface area contributed by atoms with Gasteiger partial charge in [0.15, 0.2) is 0 Å². The van der Waals surface area contributed by atoms with Crippen molar-refractivity contribution in [3.05, 3.63) is 11.9 Å². The van der Waals surface area contributed by atoms with Gasteiger partial charge in [-0.15, -0.1) is 5.10 Å². The monoisotopic (exact) mass is 347 g/mol. The van der Waals surface area contributed by atoms with Crippen LogP contribution in [-0.2, 0) is 16.9 Å². The first-order valence-electron chi connectivity index (χ1n) is 8.99. The Labute approximate surface area is 149 Å². The largest absolute Gasteiger partial charge is 0.383 e. The molecule has 0 spiro atoms. The van der Waals surface area contributed by atoms with E-state index >= 15 is 0 Å². The van der Waals surface area contributed by atoms with Gasteiger partial charge in [0.1, 0.15) is 17.8 Å². The molecule has 138 valence electrons. The Morgan fingerprint density at radius 2 is 2.08 bits per heavy atom. The Morgan fingerprint density at radius 3 is 2.64 bits per heavy atom. The number of nitriles is 1. The second-order valence-corrected chi connectivity index (χ2v) is 7.96. The van der Waals surface area contributed by atoms with Crippen molar-refractivity contribution >= 4 is 5.91 Å². The molecule has 1 saturated carbocycles. The molecule has 7 heteroatoms. The van der Waals surface area contributed by atoms with Crippen LogP contribution in [0.2, 0.25) is 0 Å². The fourth-order valence-electron chi connectivity index (χ4n) is 3.20. The summed E-state index contributed by atoms with van der Waals surface area (Å²) in [4.78, 5) is 14.1. The molecule has 1 aliphatic carbocycles. The quantitative estimate of drug-likeness (QED) is 0.850. The highest BCUT2D eigenvalue weighted by Gasteiger charge is 2.40. The zero-order chi connectivity index (χ0) is 18.7. The van der Waals surface area contributed by atoms with Crippen LogP contribution in [0.5, 0.6) is 0 Å². The number of nitrogens with zero attached hydrogens (tertiary/aromatic N) is 5. The number of carbonyl (C=O) groups is 1. The number of hydrogen-bond donors (Lipinski definition) is 1. The summed E-state index contributed by atoms with van der Waals surface area (Å²) in [7, 11) is 0. The van der Waals surface area contributed by atoms with E-state index in [1.807, 2.05) is 6.92 Å². The third-order valence-electron chi connectivity index (χ3n) is 5.19. The first kappa shape index (κ1) is 19.4. The lowest BCUT2D eigenvalue weighted by Gasteiger charge is -2.39. The number of carbonyl (C=O) groups excluding carboxylic acids is 1. The lowest BCUT2D eigenvalue weighted by molar-refractivity contribution is -0.132. The van der Waals surface area contributed by atoms with Gasteiger partial charge in [-0.2, -0.15) is 5.26 Å². The van der Waals surface area contributed by atoms with E-state index in [9.17, 15) is 9.90 Å². The third-order valence-corrected chi connectivity index (χ3v) is 5.19. The van der Waals surface area contributed by atoms with Gasteiger partial charge in [-0.3, -0.25) is 4.79 Å². The van der Waals surface area contributed by atoms with E-state index in [0.717, 1.165) is 12.8 Å². The zero-order valence-corrected chi connectivity index (χ0v) is 15.7. The minimum atomic E-state index is -0.948. The molecule has 1 N–H and O–H groups in total. The van der Waals surface area contributed by atoms with E-state index in [1.165, 1.54) is 4.68 Å². The van der Waals surface area contributed by atoms with Gasteiger partial charge in [-0.1, -0.05) is 19.1 Å². The van der Waals surface area contributed by atoms with Crippen molar-refractivity contribution in [1.29, 1.82) is 5.26 Å². The van der Waals surface area contributed by atoms with E-state index in [2.05, 4.69) is 30.2 Å². The molecule has 0 radical (unpaired) electrons. The van der Waals surface area contributed by atoms with Gasteiger partial charge >= 0.3 is 0 Å². The zero-order valence-electron chi connectivity index (χ0n) is 15.7. The molecule has 1 heterocycles. The predicted molar refractivity (Wildman–Crippen MR) is 93.2 cm³/mol. The highest BCUT2D eigenvalue weighted by Crippen LogP contribution is 2.44. The summed E-state index contributed by atoms with van der Waals surface area (Å²) in [5.74, 6) is -0.306. The van der Waals surface area contributed by atoms with Crippen LogP contribution in [-0.4, -0.2) is 44.0 Å². The van der Waals surface area contributed by atoms with Gasteiger partial charge in [-0.05, 0) is 44.9 Å². The second kappa shape index (κ2) is 7.52. The molecule has 0 bridgehead atoms. The molecule has 1 amide bonds.